The van der Waals surface area contributed by atoms with Crippen molar-refractivity contribution in [2.75, 3.05) is 12.4 Å². The Kier molecular flexibility index (Phi) is 4.37. The number of carbonyl (C=O) groups excluding carboxylic acids is 1. The van der Waals surface area contributed by atoms with Crippen LogP contribution in [-0.4, -0.2) is 21.4 Å². The second-order valence-electron chi connectivity index (χ2n) is 5.51. The van der Waals surface area contributed by atoms with Gasteiger partial charge in [0, 0.05) is 16.8 Å². The first-order valence-electron chi connectivity index (χ1n) is 7.41. The fraction of sp³-hybridized carbons (Fsp3) is 0.118. The molecule has 5 nitrogen and oxygen atoms in total. The van der Waals surface area contributed by atoms with Crippen molar-refractivity contribution in [2.24, 2.45) is 0 Å². The summed E-state index contributed by atoms with van der Waals surface area (Å²) in [5.41, 5.74) is -0.540. The summed E-state index contributed by atoms with van der Waals surface area (Å²) in [6.07, 6.45) is -3.47. The third-order valence-electron chi connectivity index (χ3n) is 3.92. The topological polar surface area (TPSA) is 75.3 Å². The standard InChI is InChI=1S/C17H13F3N2O3S/c1-21-26(24,25)11-6-7-15-12(9-11)13(16(23)22-15)8-10-4-2-3-5-14(10)17(18,19)20/h2-9,21H,1H3,(H,22,23). The zero-order chi connectivity index (χ0) is 19.1. The molecule has 0 atom stereocenters. The highest BCUT2D eigenvalue weighted by Crippen LogP contribution is 2.37. The molecule has 0 saturated carbocycles. The summed E-state index contributed by atoms with van der Waals surface area (Å²) < 4.78 is 65.5. The van der Waals surface area contributed by atoms with E-state index in [-0.39, 0.29) is 21.6 Å². The van der Waals surface area contributed by atoms with E-state index >= 15 is 0 Å². The summed E-state index contributed by atoms with van der Waals surface area (Å²) in [5, 5.41) is 2.52. The van der Waals surface area contributed by atoms with Crippen molar-refractivity contribution in [3.8, 4) is 0 Å². The van der Waals surface area contributed by atoms with Crippen molar-refractivity contribution in [1.82, 2.24) is 4.72 Å². The summed E-state index contributed by atoms with van der Waals surface area (Å²) in [5.74, 6) is -0.601. The number of hydrogen-bond donors (Lipinski definition) is 2. The van der Waals surface area contributed by atoms with Crippen LogP contribution in [0.4, 0.5) is 18.9 Å². The first-order chi connectivity index (χ1) is 12.1. The molecule has 1 aliphatic rings. The molecule has 1 aliphatic heterocycles. The maximum Gasteiger partial charge on any atom is 0.416 e. The highest BCUT2D eigenvalue weighted by atomic mass is 32.2. The van der Waals surface area contributed by atoms with E-state index < -0.39 is 27.7 Å². The van der Waals surface area contributed by atoms with E-state index in [1.165, 1.54) is 43.4 Å². The van der Waals surface area contributed by atoms with Crippen LogP contribution in [0.2, 0.25) is 0 Å². The largest absolute Gasteiger partial charge is 0.416 e. The number of hydrogen-bond acceptors (Lipinski definition) is 3. The van der Waals surface area contributed by atoms with Crippen LogP contribution < -0.4 is 10.0 Å². The maximum atomic E-state index is 13.2. The minimum Gasteiger partial charge on any atom is -0.321 e. The van der Waals surface area contributed by atoms with Gasteiger partial charge in [0.05, 0.1) is 10.5 Å². The fourth-order valence-corrected chi connectivity index (χ4v) is 3.39. The number of anilines is 1. The third-order valence-corrected chi connectivity index (χ3v) is 5.33. The first-order valence-corrected chi connectivity index (χ1v) is 8.89. The van der Waals surface area contributed by atoms with Crippen molar-refractivity contribution in [1.29, 1.82) is 0 Å². The van der Waals surface area contributed by atoms with E-state index in [1.807, 2.05) is 0 Å². The third kappa shape index (κ3) is 3.23. The van der Waals surface area contributed by atoms with Gasteiger partial charge in [0.1, 0.15) is 0 Å². The number of halogens is 3. The summed E-state index contributed by atoms with van der Waals surface area (Å²) in [6.45, 7) is 0. The monoisotopic (exact) mass is 382 g/mol. The SMILES string of the molecule is CNS(=O)(=O)c1ccc2c(c1)C(=Cc1ccccc1C(F)(F)F)C(=O)N2. The Balaban J connectivity index is 2.17. The minimum absolute atomic E-state index is 0.0372. The Labute approximate surface area is 147 Å². The lowest BCUT2D eigenvalue weighted by atomic mass is 10.0. The van der Waals surface area contributed by atoms with Gasteiger partial charge in [0.25, 0.3) is 5.91 Å². The van der Waals surface area contributed by atoms with Crippen molar-refractivity contribution >= 4 is 33.3 Å². The van der Waals surface area contributed by atoms with E-state index in [0.717, 1.165) is 12.1 Å². The molecule has 0 saturated heterocycles. The van der Waals surface area contributed by atoms with Crippen LogP contribution in [0.5, 0.6) is 0 Å². The summed E-state index contributed by atoms with van der Waals surface area (Å²) in [6, 6.07) is 8.80. The van der Waals surface area contributed by atoms with Crippen LogP contribution in [0, 0.1) is 0 Å². The van der Waals surface area contributed by atoms with Crippen molar-refractivity contribution in [3.05, 3.63) is 59.2 Å². The molecule has 2 aromatic rings. The zero-order valence-electron chi connectivity index (χ0n) is 13.4. The molecule has 0 radical (unpaired) electrons. The van der Waals surface area contributed by atoms with Crippen LogP contribution in [0.1, 0.15) is 16.7 Å². The smallest absolute Gasteiger partial charge is 0.321 e. The lowest BCUT2D eigenvalue weighted by molar-refractivity contribution is -0.137. The molecule has 0 fully saturated rings. The van der Waals surface area contributed by atoms with Gasteiger partial charge >= 0.3 is 6.18 Å². The molecule has 0 aliphatic carbocycles. The lowest BCUT2D eigenvalue weighted by Crippen LogP contribution is -2.18. The molecule has 2 aromatic carbocycles. The van der Waals surface area contributed by atoms with Gasteiger partial charge in [0.15, 0.2) is 0 Å². The molecule has 0 aromatic heterocycles. The number of carbonyl (C=O) groups is 1. The van der Waals surface area contributed by atoms with Crippen molar-refractivity contribution in [2.45, 2.75) is 11.1 Å². The maximum absolute atomic E-state index is 13.2. The van der Waals surface area contributed by atoms with Gasteiger partial charge in [0.2, 0.25) is 10.0 Å². The van der Waals surface area contributed by atoms with Crippen LogP contribution in [0.15, 0.2) is 47.4 Å². The quantitative estimate of drug-likeness (QED) is 0.801. The number of sulfonamides is 1. The van der Waals surface area contributed by atoms with Crippen molar-refractivity contribution in [3.63, 3.8) is 0 Å². The van der Waals surface area contributed by atoms with Crippen LogP contribution in [-0.2, 0) is 21.0 Å². The van der Waals surface area contributed by atoms with E-state index in [1.54, 1.807) is 0 Å². The van der Waals surface area contributed by atoms with Gasteiger partial charge in [-0.1, -0.05) is 18.2 Å². The van der Waals surface area contributed by atoms with E-state index in [0.29, 0.717) is 5.69 Å². The number of benzene rings is 2. The number of rotatable bonds is 3. The van der Waals surface area contributed by atoms with Crippen molar-refractivity contribution < 1.29 is 26.4 Å². The van der Waals surface area contributed by atoms with E-state index in [4.69, 9.17) is 0 Å². The van der Waals surface area contributed by atoms with E-state index in [9.17, 15) is 26.4 Å². The molecule has 3 rings (SSSR count). The summed E-state index contributed by atoms with van der Waals surface area (Å²) >= 11 is 0. The van der Waals surface area contributed by atoms with E-state index in [2.05, 4.69) is 10.0 Å². The highest BCUT2D eigenvalue weighted by Gasteiger charge is 2.33. The van der Waals surface area contributed by atoms with Gasteiger partial charge in [-0.05, 0) is 43.0 Å². The molecule has 1 heterocycles. The second-order valence-corrected chi connectivity index (χ2v) is 7.40. The Bertz CT molecular complexity index is 1030. The lowest BCUT2D eigenvalue weighted by Gasteiger charge is -2.10. The molecule has 9 heteroatoms. The van der Waals surface area contributed by atoms with Crippen LogP contribution in [0.3, 0.4) is 0 Å². The first kappa shape index (κ1) is 18.2. The number of alkyl halides is 3. The number of amides is 1. The normalized spacial score (nSPS) is 15.8. The van der Waals surface area contributed by atoms with Gasteiger partial charge in [-0.15, -0.1) is 0 Å². The molecule has 2 N–H and O–H groups in total. The van der Waals surface area contributed by atoms with Crippen LogP contribution in [0.25, 0.3) is 11.6 Å². The Morgan fingerprint density at radius 2 is 1.81 bits per heavy atom. The Hall–Kier alpha value is -2.65. The van der Waals surface area contributed by atoms with Gasteiger partial charge in [-0.3, -0.25) is 4.79 Å². The van der Waals surface area contributed by atoms with Gasteiger partial charge in [-0.25, -0.2) is 13.1 Å². The second kappa shape index (κ2) is 6.26. The summed E-state index contributed by atoms with van der Waals surface area (Å²) in [7, 11) is -2.52. The predicted octanol–water partition coefficient (Wildman–Crippen LogP) is 3.11. The average molecular weight is 382 g/mol. The Morgan fingerprint density at radius 3 is 2.46 bits per heavy atom. The molecule has 0 bridgehead atoms. The minimum atomic E-state index is -4.58. The van der Waals surface area contributed by atoms with Gasteiger partial charge in [-0.2, -0.15) is 13.2 Å². The molecule has 0 unspecified atom stereocenters. The fourth-order valence-electron chi connectivity index (χ4n) is 2.63. The molecule has 26 heavy (non-hydrogen) atoms. The Morgan fingerprint density at radius 1 is 1.12 bits per heavy atom. The number of fused-ring (bicyclic) bond motifs is 1. The summed E-state index contributed by atoms with van der Waals surface area (Å²) in [4.78, 5) is 12.1. The molecule has 136 valence electrons. The van der Waals surface area contributed by atoms with Gasteiger partial charge < -0.3 is 5.32 Å². The average Bonchev–Trinajstić information content (AvgIpc) is 2.89. The zero-order valence-corrected chi connectivity index (χ0v) is 14.2. The van der Waals surface area contributed by atoms with Crippen LogP contribution >= 0.6 is 0 Å². The molecule has 0 spiro atoms. The molecular formula is C17H13F3N2O3S. The predicted molar refractivity (Wildman–Crippen MR) is 90.6 cm³/mol. The molecular weight excluding hydrogens is 369 g/mol. The highest BCUT2D eigenvalue weighted by molar-refractivity contribution is 7.89. The number of nitrogens with one attached hydrogen (secondary N) is 2. The molecule has 1 amide bonds.